The molecule has 1 amide bonds. The highest BCUT2D eigenvalue weighted by Gasteiger charge is 2.31. The van der Waals surface area contributed by atoms with Crippen LogP contribution in [0.5, 0.6) is 0 Å². The number of benzene rings is 2. The highest BCUT2D eigenvalue weighted by atomic mass is 35.5. The summed E-state index contributed by atoms with van der Waals surface area (Å²) in [4.78, 5) is 21.0. The molecule has 0 saturated carbocycles. The summed E-state index contributed by atoms with van der Waals surface area (Å²) in [5.41, 5.74) is 4.90. The first-order chi connectivity index (χ1) is 16.8. The minimum Gasteiger partial charge on any atom is -0.364 e. The molecule has 2 aromatic heterocycles. The molecule has 0 aliphatic heterocycles. The Kier molecular flexibility index (Phi) is 5.90. The Labute approximate surface area is 204 Å². The number of rotatable bonds is 5. The molecule has 0 spiro atoms. The lowest BCUT2D eigenvalue weighted by Crippen LogP contribution is -2.14. The maximum Gasteiger partial charge on any atom is 0.417 e. The Balaban J connectivity index is 1.24. The number of carbonyl (C=O) groups is 1. The van der Waals surface area contributed by atoms with E-state index in [0.29, 0.717) is 23.5 Å². The molecule has 1 aliphatic carbocycles. The first-order valence-corrected chi connectivity index (χ1v) is 11.1. The largest absolute Gasteiger partial charge is 0.417 e. The fourth-order valence-electron chi connectivity index (χ4n) is 4.07. The quantitative estimate of drug-likeness (QED) is 0.289. The van der Waals surface area contributed by atoms with Crippen LogP contribution in [0.3, 0.4) is 0 Å². The second kappa shape index (κ2) is 9.03. The van der Waals surface area contributed by atoms with Gasteiger partial charge in [-0.3, -0.25) is 9.78 Å². The van der Waals surface area contributed by atoms with Crippen LogP contribution in [-0.4, -0.2) is 15.9 Å². The fraction of sp³-hybridized carbons (Fsp3) is 0.115. The van der Waals surface area contributed by atoms with Crippen LogP contribution in [0.1, 0.15) is 32.7 Å². The summed E-state index contributed by atoms with van der Waals surface area (Å²) in [6.07, 6.45) is -1.56. The summed E-state index contributed by atoms with van der Waals surface area (Å²) in [6.45, 7) is 0.0897. The number of pyridine rings is 2. The number of fused-ring (bicyclic) bond motifs is 3. The zero-order valence-electron chi connectivity index (χ0n) is 18.2. The van der Waals surface area contributed by atoms with E-state index in [2.05, 4.69) is 32.7 Å². The van der Waals surface area contributed by atoms with Crippen LogP contribution in [0.15, 0.2) is 73.1 Å². The lowest BCUT2D eigenvalue weighted by Gasteiger charge is -2.11. The van der Waals surface area contributed by atoms with Crippen molar-refractivity contribution in [1.82, 2.24) is 9.97 Å². The average Bonchev–Trinajstić information content (AvgIpc) is 3.22. The van der Waals surface area contributed by atoms with Crippen LogP contribution >= 0.6 is 11.6 Å². The first-order valence-electron chi connectivity index (χ1n) is 10.7. The second-order valence-electron chi connectivity index (χ2n) is 8.06. The molecule has 1 aliphatic rings. The Morgan fingerprint density at radius 1 is 0.971 bits per heavy atom. The summed E-state index contributed by atoms with van der Waals surface area (Å²) >= 11 is 5.94. The topological polar surface area (TPSA) is 66.9 Å². The Morgan fingerprint density at radius 3 is 2.51 bits per heavy atom. The summed E-state index contributed by atoms with van der Waals surface area (Å²) in [5, 5.41) is 5.75. The first kappa shape index (κ1) is 22.9. The molecule has 0 radical (unpaired) electrons. The lowest BCUT2D eigenvalue weighted by atomic mass is 10.0. The number of nitrogens with zero attached hydrogens (tertiary/aromatic N) is 2. The van der Waals surface area contributed by atoms with Crippen LogP contribution < -0.4 is 10.6 Å². The Hall–Kier alpha value is -3.91. The third-order valence-electron chi connectivity index (χ3n) is 5.80. The SMILES string of the molecule is O=C(Nc1ccc(NCc2ncc(C(F)(F)F)cc2Cl)nc1)c1cccc2c1Cc1ccccc1-2. The zero-order chi connectivity index (χ0) is 24.6. The van der Waals surface area contributed by atoms with Crippen molar-refractivity contribution in [2.24, 2.45) is 0 Å². The van der Waals surface area contributed by atoms with Gasteiger partial charge in [0.05, 0.1) is 34.7 Å². The minimum absolute atomic E-state index is 0.0891. The number of nitrogens with one attached hydrogen (secondary N) is 2. The minimum atomic E-state index is -4.51. The van der Waals surface area contributed by atoms with Crippen LogP contribution in [0, 0.1) is 0 Å². The summed E-state index contributed by atoms with van der Waals surface area (Å²) < 4.78 is 38.3. The van der Waals surface area contributed by atoms with Gasteiger partial charge in [-0.05, 0) is 52.9 Å². The van der Waals surface area contributed by atoms with Crippen LogP contribution in [-0.2, 0) is 19.1 Å². The molecule has 5 nitrogen and oxygen atoms in total. The van der Waals surface area contributed by atoms with Crippen molar-refractivity contribution in [3.8, 4) is 11.1 Å². The van der Waals surface area contributed by atoms with Crippen molar-refractivity contribution >= 4 is 29.0 Å². The van der Waals surface area contributed by atoms with E-state index in [4.69, 9.17) is 11.6 Å². The molecule has 2 heterocycles. The van der Waals surface area contributed by atoms with Crippen LogP contribution in [0.2, 0.25) is 5.02 Å². The maximum atomic E-state index is 13.0. The summed E-state index contributed by atoms with van der Waals surface area (Å²) in [7, 11) is 0. The zero-order valence-corrected chi connectivity index (χ0v) is 18.9. The number of halogens is 4. The van der Waals surface area contributed by atoms with Gasteiger partial charge < -0.3 is 10.6 Å². The van der Waals surface area contributed by atoms with Gasteiger partial charge in [0.25, 0.3) is 5.91 Å². The van der Waals surface area contributed by atoms with E-state index in [1.54, 1.807) is 12.1 Å². The van der Waals surface area contributed by atoms with E-state index >= 15 is 0 Å². The van der Waals surface area contributed by atoms with Gasteiger partial charge in [0.2, 0.25) is 0 Å². The predicted molar refractivity (Wildman–Crippen MR) is 128 cm³/mol. The molecular formula is C26H18ClF3N4O. The number of carbonyl (C=O) groups excluding carboxylic acids is 1. The van der Waals surface area contributed by atoms with Gasteiger partial charge in [0.15, 0.2) is 0 Å². The van der Waals surface area contributed by atoms with E-state index < -0.39 is 11.7 Å². The van der Waals surface area contributed by atoms with Gasteiger partial charge in [-0.1, -0.05) is 48.0 Å². The molecule has 5 rings (SSSR count). The van der Waals surface area contributed by atoms with Crippen molar-refractivity contribution < 1.29 is 18.0 Å². The number of hydrogen-bond donors (Lipinski definition) is 2. The molecule has 35 heavy (non-hydrogen) atoms. The molecule has 0 atom stereocenters. The molecule has 0 unspecified atom stereocenters. The van der Waals surface area contributed by atoms with E-state index in [1.807, 2.05) is 30.3 Å². The van der Waals surface area contributed by atoms with E-state index in [-0.39, 0.29) is 23.2 Å². The van der Waals surface area contributed by atoms with Gasteiger partial charge in [0, 0.05) is 11.8 Å². The van der Waals surface area contributed by atoms with Gasteiger partial charge >= 0.3 is 6.18 Å². The number of amides is 1. The number of anilines is 2. The average molecular weight is 495 g/mol. The molecule has 0 saturated heterocycles. The molecule has 4 aromatic rings. The van der Waals surface area contributed by atoms with E-state index in [0.717, 1.165) is 29.0 Å². The van der Waals surface area contributed by atoms with E-state index in [9.17, 15) is 18.0 Å². The normalized spacial score (nSPS) is 12.1. The molecule has 2 N–H and O–H groups in total. The monoisotopic (exact) mass is 494 g/mol. The van der Waals surface area contributed by atoms with Gasteiger partial charge in [-0.15, -0.1) is 0 Å². The lowest BCUT2D eigenvalue weighted by molar-refractivity contribution is -0.137. The summed E-state index contributed by atoms with van der Waals surface area (Å²) in [5.74, 6) is 0.231. The smallest absolute Gasteiger partial charge is 0.364 e. The molecular weight excluding hydrogens is 477 g/mol. The molecule has 0 bridgehead atoms. The van der Waals surface area contributed by atoms with Crippen molar-refractivity contribution in [3.05, 3.63) is 106 Å². The van der Waals surface area contributed by atoms with Gasteiger partial charge in [-0.25, -0.2) is 4.98 Å². The molecule has 2 aromatic carbocycles. The Bertz CT molecular complexity index is 1420. The third-order valence-corrected chi connectivity index (χ3v) is 6.13. The third kappa shape index (κ3) is 4.70. The van der Waals surface area contributed by atoms with Crippen molar-refractivity contribution in [3.63, 3.8) is 0 Å². The molecule has 176 valence electrons. The van der Waals surface area contributed by atoms with E-state index in [1.165, 1.54) is 11.8 Å². The van der Waals surface area contributed by atoms with Crippen molar-refractivity contribution in [2.45, 2.75) is 19.1 Å². The predicted octanol–water partition coefficient (Wildman–Crippen LogP) is 6.58. The second-order valence-corrected chi connectivity index (χ2v) is 8.46. The maximum absolute atomic E-state index is 13.0. The number of alkyl halides is 3. The molecule has 0 fully saturated rings. The van der Waals surface area contributed by atoms with Crippen molar-refractivity contribution in [1.29, 1.82) is 0 Å². The van der Waals surface area contributed by atoms with Crippen LogP contribution in [0.4, 0.5) is 24.7 Å². The van der Waals surface area contributed by atoms with Crippen molar-refractivity contribution in [2.75, 3.05) is 10.6 Å². The highest BCUT2D eigenvalue weighted by molar-refractivity contribution is 6.31. The van der Waals surface area contributed by atoms with Gasteiger partial charge in [0.1, 0.15) is 5.82 Å². The Morgan fingerprint density at radius 2 is 1.77 bits per heavy atom. The fourth-order valence-corrected chi connectivity index (χ4v) is 4.30. The van der Waals surface area contributed by atoms with Crippen LogP contribution in [0.25, 0.3) is 11.1 Å². The standard InChI is InChI=1S/C26H18ClF3N4O/c27-22-11-16(26(28,29)30)12-31-23(22)14-33-24-9-8-17(13-32-24)34-25(35)20-7-3-6-19-18-5-2-1-4-15(18)10-21(19)20/h1-9,11-13H,10,14H2,(H,32,33)(H,34,35). The van der Waals surface area contributed by atoms with Gasteiger partial charge in [-0.2, -0.15) is 13.2 Å². The molecule has 9 heteroatoms. The number of aromatic nitrogens is 2. The summed E-state index contributed by atoms with van der Waals surface area (Å²) in [6, 6.07) is 18.0. The number of hydrogen-bond acceptors (Lipinski definition) is 4. The highest BCUT2D eigenvalue weighted by Crippen LogP contribution is 2.38.